The molecule has 3 aromatic rings. The first-order chi connectivity index (χ1) is 18.3. The van der Waals surface area contributed by atoms with Gasteiger partial charge in [-0.05, 0) is 67.5 Å². The number of rotatable bonds is 4. The fraction of sp³-hybridized carbons (Fsp3) is 0.360. The Bertz CT molecular complexity index is 1530. The molecule has 1 aromatic heterocycles. The molecule has 0 spiro atoms. The first kappa shape index (κ1) is 26.2. The largest absolute Gasteiger partial charge is 0.379 e. The van der Waals surface area contributed by atoms with E-state index in [1.807, 2.05) is 0 Å². The van der Waals surface area contributed by atoms with Gasteiger partial charge in [0.2, 0.25) is 10.0 Å². The average Bonchev–Trinajstić information content (AvgIpc) is 3.18. The lowest BCUT2D eigenvalue weighted by molar-refractivity contribution is 0.0730. The number of anilines is 1. The Kier molecular flexibility index (Phi) is 7.70. The number of hydrazine groups is 1. The molecule has 1 amide bonds. The third-order valence-corrected chi connectivity index (χ3v) is 8.71. The van der Waals surface area contributed by atoms with E-state index in [4.69, 9.17) is 17.0 Å². The van der Waals surface area contributed by atoms with Crippen LogP contribution in [0.15, 0.2) is 52.2 Å². The number of carbonyl (C=O) groups excluding carboxylic acids is 1. The van der Waals surface area contributed by atoms with Crippen molar-refractivity contribution in [2.24, 2.45) is 0 Å². The minimum Gasteiger partial charge on any atom is -0.379 e. The van der Waals surface area contributed by atoms with Crippen molar-refractivity contribution in [2.75, 3.05) is 31.6 Å². The number of amides is 1. The Morgan fingerprint density at radius 3 is 2.50 bits per heavy atom. The number of fused-ring (bicyclic) bond motifs is 2. The van der Waals surface area contributed by atoms with Crippen molar-refractivity contribution in [3.63, 3.8) is 0 Å². The quantitative estimate of drug-likeness (QED) is 0.325. The zero-order valence-electron chi connectivity index (χ0n) is 20.6. The van der Waals surface area contributed by atoms with Gasteiger partial charge in [-0.25, -0.2) is 13.4 Å². The predicted molar refractivity (Wildman–Crippen MR) is 146 cm³/mol. The molecule has 0 bridgehead atoms. The minimum atomic E-state index is -3.59. The molecule has 2 aliphatic heterocycles. The lowest BCUT2D eigenvalue weighted by atomic mass is 10.1. The number of benzene rings is 2. The highest BCUT2D eigenvalue weighted by molar-refractivity contribution is 7.89. The molecular formula is C25H28N6O5S2. The van der Waals surface area contributed by atoms with Crippen LogP contribution in [0.25, 0.3) is 10.9 Å². The summed E-state index contributed by atoms with van der Waals surface area (Å²) >= 11 is 5.25. The van der Waals surface area contributed by atoms with E-state index in [0.29, 0.717) is 55.0 Å². The van der Waals surface area contributed by atoms with Gasteiger partial charge in [0.05, 0.1) is 29.0 Å². The SMILES string of the molecule is O=C(NNC(=S)Nc1ccc(S(=O)(=O)N2CCOCC2)cc1)c1ccc2c(=O)n3c(nc2c1)CCCCC3. The Balaban J connectivity index is 1.20. The second-order valence-corrected chi connectivity index (χ2v) is 11.4. The molecule has 1 saturated heterocycles. The van der Waals surface area contributed by atoms with Crippen LogP contribution in [-0.2, 0) is 27.7 Å². The van der Waals surface area contributed by atoms with Crippen LogP contribution in [0, 0.1) is 0 Å². The van der Waals surface area contributed by atoms with Crippen molar-refractivity contribution in [1.82, 2.24) is 24.7 Å². The third-order valence-electron chi connectivity index (χ3n) is 6.59. The Morgan fingerprint density at radius 2 is 1.74 bits per heavy atom. The average molecular weight is 557 g/mol. The topological polar surface area (TPSA) is 135 Å². The summed E-state index contributed by atoms with van der Waals surface area (Å²) < 4.78 is 33.9. The Hall–Kier alpha value is -3.39. The smallest absolute Gasteiger partial charge is 0.269 e. The minimum absolute atomic E-state index is 0.0777. The predicted octanol–water partition coefficient (Wildman–Crippen LogP) is 1.78. The highest BCUT2D eigenvalue weighted by Gasteiger charge is 2.26. The van der Waals surface area contributed by atoms with Crippen LogP contribution in [0.4, 0.5) is 5.69 Å². The summed E-state index contributed by atoms with van der Waals surface area (Å²) in [4.78, 5) is 30.5. The van der Waals surface area contributed by atoms with E-state index in [2.05, 4.69) is 21.2 Å². The molecule has 5 rings (SSSR count). The van der Waals surface area contributed by atoms with Gasteiger partial charge in [0.25, 0.3) is 11.5 Å². The number of nitrogens with one attached hydrogen (secondary N) is 3. The summed E-state index contributed by atoms with van der Waals surface area (Å²) in [5.74, 6) is 0.310. The monoisotopic (exact) mass is 556 g/mol. The standard InChI is InChI=1S/C25H28N6O5S2/c32-23(17-5-10-20-21(16-17)27-22-4-2-1-3-11-31(22)24(20)33)28-29-25(37)26-18-6-8-19(9-7-18)38(34,35)30-12-14-36-15-13-30/h5-10,16H,1-4,11-15H2,(H,28,32)(H2,26,29,37). The Morgan fingerprint density at radius 1 is 0.974 bits per heavy atom. The van der Waals surface area contributed by atoms with Crippen LogP contribution in [0.1, 0.15) is 35.4 Å². The maximum Gasteiger partial charge on any atom is 0.269 e. The normalized spacial score (nSPS) is 16.3. The Labute approximate surface area is 225 Å². The number of nitrogens with zero attached hydrogens (tertiary/aromatic N) is 3. The number of aromatic nitrogens is 2. The molecule has 0 unspecified atom stereocenters. The van der Waals surface area contributed by atoms with Crippen molar-refractivity contribution in [1.29, 1.82) is 0 Å². The van der Waals surface area contributed by atoms with Gasteiger partial charge in [-0.1, -0.05) is 6.42 Å². The fourth-order valence-corrected chi connectivity index (χ4v) is 6.13. The molecule has 1 fully saturated rings. The number of sulfonamides is 1. The molecule has 11 nitrogen and oxygen atoms in total. The van der Waals surface area contributed by atoms with Crippen LogP contribution in [0.5, 0.6) is 0 Å². The van der Waals surface area contributed by atoms with Gasteiger partial charge in [-0.3, -0.25) is 25.0 Å². The lowest BCUT2D eigenvalue weighted by Crippen LogP contribution is -2.43. The van der Waals surface area contributed by atoms with E-state index in [9.17, 15) is 18.0 Å². The fourth-order valence-electron chi connectivity index (χ4n) is 4.55. The molecule has 200 valence electrons. The van der Waals surface area contributed by atoms with Gasteiger partial charge in [0.15, 0.2) is 5.11 Å². The number of thiocarbonyl (C=S) groups is 1. The second-order valence-electron chi connectivity index (χ2n) is 9.10. The first-order valence-corrected chi connectivity index (χ1v) is 14.3. The number of hydrogen-bond acceptors (Lipinski definition) is 7. The van der Waals surface area contributed by atoms with Crippen molar-refractivity contribution in [2.45, 2.75) is 37.1 Å². The van der Waals surface area contributed by atoms with Gasteiger partial charge >= 0.3 is 0 Å². The van der Waals surface area contributed by atoms with Crippen LogP contribution >= 0.6 is 12.2 Å². The van der Waals surface area contributed by atoms with Gasteiger partial charge in [-0.15, -0.1) is 0 Å². The zero-order valence-corrected chi connectivity index (χ0v) is 22.2. The lowest BCUT2D eigenvalue weighted by Gasteiger charge is -2.26. The molecule has 0 atom stereocenters. The molecule has 2 aliphatic rings. The summed E-state index contributed by atoms with van der Waals surface area (Å²) in [7, 11) is -3.59. The summed E-state index contributed by atoms with van der Waals surface area (Å²) in [6, 6.07) is 11.0. The highest BCUT2D eigenvalue weighted by atomic mass is 32.2. The molecule has 0 saturated carbocycles. The van der Waals surface area contributed by atoms with E-state index in [-0.39, 0.29) is 15.6 Å². The molecule has 2 aromatic carbocycles. The van der Waals surface area contributed by atoms with E-state index in [1.54, 1.807) is 34.9 Å². The third kappa shape index (κ3) is 5.55. The summed E-state index contributed by atoms with van der Waals surface area (Å²) in [6.07, 6.45) is 3.74. The van der Waals surface area contributed by atoms with Crippen molar-refractivity contribution >= 4 is 49.9 Å². The van der Waals surface area contributed by atoms with E-state index in [1.165, 1.54) is 16.4 Å². The summed E-state index contributed by atoms with van der Waals surface area (Å²) in [5.41, 5.74) is 6.46. The number of carbonyl (C=O) groups is 1. The van der Waals surface area contributed by atoms with Crippen LogP contribution in [0.3, 0.4) is 0 Å². The molecule has 0 aliphatic carbocycles. The maximum absolute atomic E-state index is 12.9. The molecule has 13 heteroatoms. The molecule has 3 N–H and O–H groups in total. The van der Waals surface area contributed by atoms with Gasteiger partial charge in [0.1, 0.15) is 5.82 Å². The van der Waals surface area contributed by atoms with Gasteiger partial charge in [-0.2, -0.15) is 4.31 Å². The first-order valence-electron chi connectivity index (χ1n) is 12.4. The number of hydrogen-bond donors (Lipinski definition) is 3. The van der Waals surface area contributed by atoms with Crippen molar-refractivity contribution in [3.8, 4) is 0 Å². The molecule has 38 heavy (non-hydrogen) atoms. The summed E-state index contributed by atoms with van der Waals surface area (Å²) in [6.45, 7) is 2.06. The van der Waals surface area contributed by atoms with Crippen LogP contribution < -0.4 is 21.7 Å². The number of aryl methyl sites for hydroxylation is 1. The second kappa shape index (κ2) is 11.2. The van der Waals surface area contributed by atoms with E-state index >= 15 is 0 Å². The van der Waals surface area contributed by atoms with Crippen molar-refractivity contribution in [3.05, 3.63) is 64.2 Å². The van der Waals surface area contributed by atoms with Gasteiger partial charge in [0, 0.05) is 37.3 Å². The molecule has 0 radical (unpaired) electrons. The number of morpholine rings is 1. The zero-order chi connectivity index (χ0) is 26.7. The summed E-state index contributed by atoms with van der Waals surface area (Å²) in [5, 5.41) is 3.50. The van der Waals surface area contributed by atoms with E-state index in [0.717, 1.165) is 31.5 Å². The van der Waals surface area contributed by atoms with Crippen LogP contribution in [-0.4, -0.2) is 59.6 Å². The van der Waals surface area contributed by atoms with Crippen LogP contribution in [0.2, 0.25) is 0 Å². The molecular weight excluding hydrogens is 528 g/mol. The molecule has 3 heterocycles. The number of ether oxygens (including phenoxy) is 1. The van der Waals surface area contributed by atoms with E-state index < -0.39 is 15.9 Å². The van der Waals surface area contributed by atoms with Gasteiger partial charge < -0.3 is 10.1 Å². The highest BCUT2D eigenvalue weighted by Crippen LogP contribution is 2.20. The van der Waals surface area contributed by atoms with Crippen molar-refractivity contribution < 1.29 is 17.9 Å². The maximum atomic E-state index is 12.9.